The second kappa shape index (κ2) is 8.83. The molecular weight excluding hydrogens is 330 g/mol. The van der Waals surface area contributed by atoms with Crippen LogP contribution in [0.4, 0.5) is 4.79 Å². The van der Waals surface area contributed by atoms with Crippen LogP contribution < -0.4 is 5.32 Å². The molecule has 0 aromatic heterocycles. The van der Waals surface area contributed by atoms with E-state index in [1.165, 1.54) is 6.21 Å². The molecule has 0 saturated carbocycles. The number of rotatable bonds is 5. The zero-order valence-corrected chi connectivity index (χ0v) is 15.8. The van der Waals surface area contributed by atoms with Gasteiger partial charge in [0.05, 0.1) is 6.04 Å². The molecule has 2 amide bonds. The first-order chi connectivity index (χ1) is 12.3. The number of hydrogen-bond donors (Lipinski definition) is 2. The number of amides is 2. The van der Waals surface area contributed by atoms with Crippen LogP contribution in [0.3, 0.4) is 0 Å². The van der Waals surface area contributed by atoms with Crippen molar-refractivity contribution < 1.29 is 14.3 Å². The molecule has 1 atom stereocenters. The van der Waals surface area contributed by atoms with Gasteiger partial charge in [-0.1, -0.05) is 30.3 Å². The lowest BCUT2D eigenvalue weighted by Crippen LogP contribution is -2.45. The average molecular weight is 359 g/mol. The summed E-state index contributed by atoms with van der Waals surface area (Å²) in [7, 11) is 0. The van der Waals surface area contributed by atoms with Crippen molar-refractivity contribution in [2.24, 2.45) is 5.92 Å². The number of nitrogens with one attached hydrogen (secondary N) is 2. The summed E-state index contributed by atoms with van der Waals surface area (Å²) in [4.78, 5) is 26.4. The predicted molar refractivity (Wildman–Crippen MR) is 101 cm³/mol. The van der Waals surface area contributed by atoms with Gasteiger partial charge in [0.1, 0.15) is 5.60 Å². The quantitative estimate of drug-likeness (QED) is 0.789. The lowest BCUT2D eigenvalue weighted by molar-refractivity contribution is -0.127. The number of ether oxygens (including phenoxy) is 1. The minimum absolute atomic E-state index is 0.00968. The first kappa shape index (κ1) is 19.9. The van der Waals surface area contributed by atoms with Gasteiger partial charge in [-0.25, -0.2) is 4.79 Å². The molecule has 6 nitrogen and oxygen atoms in total. The van der Waals surface area contributed by atoms with Crippen LogP contribution in [0.25, 0.3) is 0 Å². The smallest absolute Gasteiger partial charge is 0.410 e. The van der Waals surface area contributed by atoms with Crippen LogP contribution in [0.5, 0.6) is 0 Å². The predicted octanol–water partition coefficient (Wildman–Crippen LogP) is 3.53. The lowest BCUT2D eigenvalue weighted by Gasteiger charge is -2.33. The van der Waals surface area contributed by atoms with Crippen LogP contribution in [0.2, 0.25) is 0 Å². The topological polar surface area (TPSA) is 82.5 Å². The summed E-state index contributed by atoms with van der Waals surface area (Å²) in [5.74, 6) is -0.129. The second-order valence-corrected chi connectivity index (χ2v) is 7.65. The Kier molecular flexibility index (Phi) is 6.77. The number of likely N-dealkylation sites (tertiary alicyclic amines) is 1. The van der Waals surface area contributed by atoms with Gasteiger partial charge in [0.25, 0.3) is 0 Å². The molecule has 1 heterocycles. The van der Waals surface area contributed by atoms with Gasteiger partial charge in [-0.2, -0.15) is 0 Å². The maximum atomic E-state index is 12.6. The molecule has 0 aliphatic carbocycles. The van der Waals surface area contributed by atoms with Crippen LogP contribution in [-0.4, -0.2) is 41.8 Å². The van der Waals surface area contributed by atoms with Crippen molar-refractivity contribution in [3.05, 3.63) is 35.9 Å². The molecule has 1 aliphatic rings. The highest BCUT2D eigenvalue weighted by Crippen LogP contribution is 2.22. The van der Waals surface area contributed by atoms with Gasteiger partial charge >= 0.3 is 6.09 Å². The maximum Gasteiger partial charge on any atom is 0.410 e. The van der Waals surface area contributed by atoms with Crippen molar-refractivity contribution in [1.29, 1.82) is 5.41 Å². The van der Waals surface area contributed by atoms with Gasteiger partial charge < -0.3 is 20.4 Å². The van der Waals surface area contributed by atoms with E-state index in [2.05, 4.69) is 5.32 Å². The SMILES string of the molecule is CC(C)(C)OC(=O)N1CCC(C(=O)NC(CC=N)c2ccccc2)CC1. The summed E-state index contributed by atoms with van der Waals surface area (Å²) < 4.78 is 5.39. The molecule has 6 heteroatoms. The largest absolute Gasteiger partial charge is 0.444 e. The number of carbonyl (C=O) groups is 2. The van der Waals surface area contributed by atoms with Crippen LogP contribution in [-0.2, 0) is 9.53 Å². The van der Waals surface area contributed by atoms with Crippen LogP contribution >= 0.6 is 0 Å². The molecule has 0 spiro atoms. The summed E-state index contributed by atoms with van der Waals surface area (Å²) in [6, 6.07) is 9.51. The van der Waals surface area contributed by atoms with Gasteiger partial charge in [0.2, 0.25) is 5.91 Å². The Labute approximate surface area is 155 Å². The van der Waals surface area contributed by atoms with Gasteiger partial charge in [0, 0.05) is 25.4 Å². The monoisotopic (exact) mass is 359 g/mol. The summed E-state index contributed by atoms with van der Waals surface area (Å²) in [6.07, 6.45) is 2.71. The zero-order chi connectivity index (χ0) is 19.2. The number of piperidine rings is 1. The first-order valence-electron chi connectivity index (χ1n) is 9.12. The van der Waals surface area contributed by atoms with E-state index in [-0.39, 0.29) is 24.0 Å². The zero-order valence-electron chi connectivity index (χ0n) is 15.8. The molecule has 0 bridgehead atoms. The molecule has 1 unspecified atom stereocenters. The van der Waals surface area contributed by atoms with Crippen molar-refractivity contribution in [3.63, 3.8) is 0 Å². The third kappa shape index (κ3) is 5.86. The second-order valence-electron chi connectivity index (χ2n) is 7.65. The van der Waals surface area contributed by atoms with Crippen molar-refractivity contribution in [3.8, 4) is 0 Å². The van der Waals surface area contributed by atoms with Crippen LogP contribution in [0.15, 0.2) is 30.3 Å². The Morgan fingerprint density at radius 2 is 1.88 bits per heavy atom. The highest BCUT2D eigenvalue weighted by atomic mass is 16.6. The summed E-state index contributed by atoms with van der Waals surface area (Å²) in [5.41, 5.74) is 0.483. The van der Waals surface area contributed by atoms with E-state index >= 15 is 0 Å². The Morgan fingerprint density at radius 1 is 1.27 bits per heavy atom. The number of carbonyl (C=O) groups excluding carboxylic acids is 2. The molecule has 1 aromatic carbocycles. The normalized spacial score (nSPS) is 16.7. The fourth-order valence-corrected chi connectivity index (χ4v) is 3.02. The Hall–Kier alpha value is -2.37. The van der Waals surface area contributed by atoms with Crippen LogP contribution in [0, 0.1) is 11.3 Å². The van der Waals surface area contributed by atoms with E-state index in [0.717, 1.165) is 5.56 Å². The van der Waals surface area contributed by atoms with E-state index in [0.29, 0.717) is 32.4 Å². The standard InChI is InChI=1S/C20H29N3O3/c1-20(2,3)26-19(25)23-13-10-16(11-14-23)18(24)22-17(9-12-21)15-7-5-4-6-8-15/h4-8,12,16-17,21H,9-11,13-14H2,1-3H3,(H,22,24). The van der Waals surface area contributed by atoms with Crippen molar-refractivity contribution in [2.75, 3.05) is 13.1 Å². The minimum Gasteiger partial charge on any atom is -0.444 e. The summed E-state index contributed by atoms with van der Waals surface area (Å²) >= 11 is 0. The third-order valence-electron chi connectivity index (χ3n) is 4.39. The van der Waals surface area contributed by atoms with Crippen molar-refractivity contribution in [1.82, 2.24) is 10.2 Å². The van der Waals surface area contributed by atoms with E-state index in [9.17, 15) is 9.59 Å². The van der Waals surface area contributed by atoms with E-state index < -0.39 is 5.60 Å². The molecule has 142 valence electrons. The van der Waals surface area contributed by atoms with E-state index in [1.54, 1.807) is 4.90 Å². The highest BCUT2D eigenvalue weighted by Gasteiger charge is 2.30. The maximum absolute atomic E-state index is 12.6. The van der Waals surface area contributed by atoms with Crippen LogP contribution in [0.1, 0.15) is 51.6 Å². The van der Waals surface area contributed by atoms with E-state index in [4.69, 9.17) is 10.1 Å². The van der Waals surface area contributed by atoms with Crippen molar-refractivity contribution >= 4 is 18.2 Å². The molecule has 1 aliphatic heterocycles. The molecule has 1 fully saturated rings. The van der Waals surface area contributed by atoms with Gasteiger partial charge in [-0.05, 0) is 45.4 Å². The van der Waals surface area contributed by atoms with Gasteiger partial charge in [-0.15, -0.1) is 0 Å². The lowest BCUT2D eigenvalue weighted by atomic mass is 9.95. The van der Waals surface area contributed by atoms with Gasteiger partial charge in [-0.3, -0.25) is 4.79 Å². The molecule has 1 aromatic rings. The first-order valence-corrected chi connectivity index (χ1v) is 9.12. The molecule has 2 N–H and O–H groups in total. The summed E-state index contributed by atoms with van der Waals surface area (Å²) in [6.45, 7) is 6.58. The number of hydrogen-bond acceptors (Lipinski definition) is 4. The third-order valence-corrected chi connectivity index (χ3v) is 4.39. The Bertz CT molecular complexity index is 617. The average Bonchev–Trinajstić information content (AvgIpc) is 2.60. The fourth-order valence-electron chi connectivity index (χ4n) is 3.02. The molecule has 1 saturated heterocycles. The van der Waals surface area contributed by atoms with Crippen molar-refractivity contribution in [2.45, 2.75) is 51.7 Å². The Morgan fingerprint density at radius 3 is 2.42 bits per heavy atom. The minimum atomic E-state index is -0.513. The molecule has 0 radical (unpaired) electrons. The Balaban J connectivity index is 1.89. The number of nitrogens with zero attached hydrogens (tertiary/aromatic N) is 1. The molecule has 2 rings (SSSR count). The number of benzene rings is 1. The fraction of sp³-hybridized carbons (Fsp3) is 0.550. The molecule has 26 heavy (non-hydrogen) atoms. The molecular formula is C20H29N3O3. The highest BCUT2D eigenvalue weighted by molar-refractivity contribution is 5.80. The van der Waals surface area contributed by atoms with E-state index in [1.807, 2.05) is 51.1 Å². The van der Waals surface area contributed by atoms with Gasteiger partial charge in [0.15, 0.2) is 0 Å². The summed E-state index contributed by atoms with van der Waals surface area (Å²) in [5, 5.41) is 10.4.